The van der Waals surface area contributed by atoms with Gasteiger partial charge < -0.3 is 5.11 Å². The number of aryl methyl sites for hydroxylation is 1. The Kier molecular flexibility index (Phi) is 3.47. The van der Waals surface area contributed by atoms with Crippen LogP contribution < -0.4 is 0 Å². The zero-order valence-electron chi connectivity index (χ0n) is 9.04. The lowest BCUT2D eigenvalue weighted by Gasteiger charge is -2.13. The second kappa shape index (κ2) is 4.67. The summed E-state index contributed by atoms with van der Waals surface area (Å²) >= 11 is 3.49. The highest BCUT2D eigenvalue weighted by Crippen LogP contribution is 2.37. The Morgan fingerprint density at radius 2 is 2.20 bits per heavy atom. The molecule has 0 amide bonds. The standard InChI is InChI=1S/C13H17BrO/c1-9-2-6-12(14)11(8-9)13(15)7-5-10-3-4-10/h2,6,8,10,13,15H,3-5,7H2,1H3. The van der Waals surface area contributed by atoms with E-state index in [1.54, 1.807) is 0 Å². The first-order chi connectivity index (χ1) is 7.16. The van der Waals surface area contributed by atoms with Crippen molar-refractivity contribution in [2.75, 3.05) is 0 Å². The molecule has 0 radical (unpaired) electrons. The van der Waals surface area contributed by atoms with Gasteiger partial charge in [-0.15, -0.1) is 0 Å². The van der Waals surface area contributed by atoms with Crippen molar-refractivity contribution in [2.45, 2.75) is 38.7 Å². The SMILES string of the molecule is Cc1ccc(Br)c(C(O)CCC2CC2)c1. The molecular formula is C13H17BrO. The number of benzene rings is 1. The van der Waals surface area contributed by atoms with Crippen molar-refractivity contribution in [2.24, 2.45) is 5.92 Å². The van der Waals surface area contributed by atoms with Crippen LogP contribution in [0.1, 0.15) is 42.9 Å². The first-order valence-electron chi connectivity index (χ1n) is 5.61. The average molecular weight is 269 g/mol. The van der Waals surface area contributed by atoms with Crippen molar-refractivity contribution in [1.82, 2.24) is 0 Å². The van der Waals surface area contributed by atoms with Gasteiger partial charge in [-0.25, -0.2) is 0 Å². The molecule has 1 atom stereocenters. The average Bonchev–Trinajstić information content (AvgIpc) is 3.02. The Labute approximate surface area is 99.6 Å². The van der Waals surface area contributed by atoms with E-state index in [4.69, 9.17) is 0 Å². The van der Waals surface area contributed by atoms with E-state index in [0.717, 1.165) is 22.4 Å². The summed E-state index contributed by atoms with van der Waals surface area (Å²) in [7, 11) is 0. The summed E-state index contributed by atoms with van der Waals surface area (Å²) in [6, 6.07) is 6.15. The third-order valence-corrected chi connectivity index (χ3v) is 3.78. The van der Waals surface area contributed by atoms with E-state index in [1.807, 2.05) is 6.07 Å². The molecule has 0 aliphatic heterocycles. The van der Waals surface area contributed by atoms with Crippen molar-refractivity contribution in [1.29, 1.82) is 0 Å². The molecule has 0 spiro atoms. The molecule has 2 heteroatoms. The van der Waals surface area contributed by atoms with Crippen LogP contribution in [0.3, 0.4) is 0 Å². The lowest BCUT2D eigenvalue weighted by molar-refractivity contribution is 0.161. The van der Waals surface area contributed by atoms with Crippen molar-refractivity contribution in [3.8, 4) is 0 Å². The van der Waals surface area contributed by atoms with Crippen LogP contribution in [0.15, 0.2) is 22.7 Å². The van der Waals surface area contributed by atoms with Crippen LogP contribution in [-0.2, 0) is 0 Å². The molecule has 1 N–H and O–H groups in total. The van der Waals surface area contributed by atoms with Crippen LogP contribution in [0, 0.1) is 12.8 Å². The van der Waals surface area contributed by atoms with Gasteiger partial charge in [-0.3, -0.25) is 0 Å². The number of rotatable bonds is 4. The van der Waals surface area contributed by atoms with E-state index >= 15 is 0 Å². The van der Waals surface area contributed by atoms with Gasteiger partial charge >= 0.3 is 0 Å². The van der Waals surface area contributed by atoms with E-state index in [0.29, 0.717) is 0 Å². The molecule has 15 heavy (non-hydrogen) atoms. The largest absolute Gasteiger partial charge is 0.388 e. The van der Waals surface area contributed by atoms with Gasteiger partial charge in [0.25, 0.3) is 0 Å². The van der Waals surface area contributed by atoms with Crippen LogP contribution in [0.5, 0.6) is 0 Å². The molecule has 1 saturated carbocycles. The Morgan fingerprint density at radius 1 is 1.47 bits per heavy atom. The molecule has 82 valence electrons. The summed E-state index contributed by atoms with van der Waals surface area (Å²) in [4.78, 5) is 0. The Balaban J connectivity index is 2.02. The minimum absolute atomic E-state index is 0.306. The van der Waals surface area contributed by atoms with Gasteiger partial charge in [-0.1, -0.05) is 46.5 Å². The van der Waals surface area contributed by atoms with Gasteiger partial charge in [-0.2, -0.15) is 0 Å². The lowest BCUT2D eigenvalue weighted by Crippen LogP contribution is -1.99. The third kappa shape index (κ3) is 3.05. The highest BCUT2D eigenvalue weighted by molar-refractivity contribution is 9.10. The van der Waals surface area contributed by atoms with E-state index in [9.17, 15) is 5.11 Å². The Morgan fingerprint density at radius 3 is 2.87 bits per heavy atom. The van der Waals surface area contributed by atoms with Gasteiger partial charge in [0.1, 0.15) is 0 Å². The highest BCUT2D eigenvalue weighted by Gasteiger charge is 2.22. The molecule has 0 bridgehead atoms. The van der Waals surface area contributed by atoms with Crippen LogP contribution in [0.4, 0.5) is 0 Å². The second-order valence-corrected chi connectivity index (χ2v) is 5.42. The number of hydrogen-bond acceptors (Lipinski definition) is 1. The van der Waals surface area contributed by atoms with E-state index in [2.05, 4.69) is 35.0 Å². The fourth-order valence-electron chi connectivity index (χ4n) is 1.87. The quantitative estimate of drug-likeness (QED) is 0.876. The molecule has 0 heterocycles. The van der Waals surface area contributed by atoms with Gasteiger partial charge in [0, 0.05) is 4.47 Å². The zero-order valence-corrected chi connectivity index (χ0v) is 10.6. The fraction of sp³-hybridized carbons (Fsp3) is 0.538. The van der Waals surface area contributed by atoms with Crippen LogP contribution in [0.2, 0.25) is 0 Å². The summed E-state index contributed by atoms with van der Waals surface area (Å²) in [5.74, 6) is 0.892. The van der Waals surface area contributed by atoms with Gasteiger partial charge in [0.05, 0.1) is 6.10 Å². The molecule has 1 nitrogen and oxygen atoms in total. The normalized spacial score (nSPS) is 17.8. The lowest BCUT2D eigenvalue weighted by atomic mass is 10.0. The number of halogens is 1. The smallest absolute Gasteiger partial charge is 0.0801 e. The minimum atomic E-state index is -0.306. The van der Waals surface area contributed by atoms with E-state index in [1.165, 1.54) is 24.8 Å². The van der Waals surface area contributed by atoms with Crippen LogP contribution in [-0.4, -0.2) is 5.11 Å². The van der Waals surface area contributed by atoms with Gasteiger partial charge in [0.15, 0.2) is 0 Å². The van der Waals surface area contributed by atoms with Crippen molar-refractivity contribution < 1.29 is 5.11 Å². The predicted octanol–water partition coefficient (Wildman–Crippen LogP) is 3.98. The molecule has 1 aliphatic carbocycles. The molecule has 2 rings (SSSR count). The molecule has 1 aromatic rings. The second-order valence-electron chi connectivity index (χ2n) is 4.56. The Hall–Kier alpha value is -0.340. The summed E-state index contributed by atoms with van der Waals surface area (Å²) in [6.07, 6.45) is 4.48. The number of aliphatic hydroxyl groups is 1. The summed E-state index contributed by atoms with van der Waals surface area (Å²) < 4.78 is 1.02. The first-order valence-corrected chi connectivity index (χ1v) is 6.40. The number of hydrogen-bond donors (Lipinski definition) is 1. The zero-order chi connectivity index (χ0) is 10.8. The monoisotopic (exact) mass is 268 g/mol. The van der Waals surface area contributed by atoms with E-state index < -0.39 is 0 Å². The molecule has 0 saturated heterocycles. The maximum absolute atomic E-state index is 10.1. The molecule has 1 aliphatic rings. The summed E-state index contributed by atoms with van der Waals surface area (Å²) in [5.41, 5.74) is 2.24. The van der Waals surface area contributed by atoms with E-state index in [-0.39, 0.29) is 6.10 Å². The fourth-order valence-corrected chi connectivity index (χ4v) is 2.39. The van der Waals surface area contributed by atoms with Crippen LogP contribution in [0.25, 0.3) is 0 Å². The van der Waals surface area contributed by atoms with Crippen molar-refractivity contribution in [3.63, 3.8) is 0 Å². The Bertz CT molecular complexity index is 344. The minimum Gasteiger partial charge on any atom is -0.388 e. The summed E-state index contributed by atoms with van der Waals surface area (Å²) in [5, 5.41) is 10.1. The maximum atomic E-state index is 10.1. The molecule has 1 unspecified atom stereocenters. The summed E-state index contributed by atoms with van der Waals surface area (Å²) in [6.45, 7) is 2.06. The van der Waals surface area contributed by atoms with Crippen LogP contribution >= 0.6 is 15.9 Å². The topological polar surface area (TPSA) is 20.2 Å². The molecular weight excluding hydrogens is 252 g/mol. The van der Waals surface area contributed by atoms with Gasteiger partial charge in [0.2, 0.25) is 0 Å². The highest BCUT2D eigenvalue weighted by atomic mass is 79.9. The maximum Gasteiger partial charge on any atom is 0.0801 e. The third-order valence-electron chi connectivity index (χ3n) is 3.06. The molecule has 0 aromatic heterocycles. The van der Waals surface area contributed by atoms with Crippen molar-refractivity contribution in [3.05, 3.63) is 33.8 Å². The number of aliphatic hydroxyl groups excluding tert-OH is 1. The van der Waals surface area contributed by atoms with Crippen molar-refractivity contribution >= 4 is 15.9 Å². The molecule has 1 aromatic carbocycles. The predicted molar refractivity (Wildman–Crippen MR) is 65.8 cm³/mol. The van der Waals surface area contributed by atoms with Gasteiger partial charge in [-0.05, 0) is 37.3 Å². The molecule has 1 fully saturated rings. The first kappa shape index (κ1) is 11.2.